The highest BCUT2D eigenvalue weighted by molar-refractivity contribution is 14.1. The second-order valence-corrected chi connectivity index (χ2v) is 3.37. The molecular formula is C7H6INO2. The molecule has 58 valence electrons. The van der Waals surface area contributed by atoms with Crippen LogP contribution in [0.4, 0.5) is 0 Å². The number of aromatic nitrogens is 1. The van der Waals surface area contributed by atoms with Crippen molar-refractivity contribution in [2.45, 2.75) is 6.92 Å². The van der Waals surface area contributed by atoms with Gasteiger partial charge in [0.15, 0.2) is 5.69 Å². The Kier molecular flexibility index (Phi) is 2.43. The SMILES string of the molecule is Cc1cc(I)cnc1C(=O)O. The Balaban J connectivity index is 3.20. The van der Waals surface area contributed by atoms with Crippen LogP contribution in [0.15, 0.2) is 12.3 Å². The van der Waals surface area contributed by atoms with E-state index in [9.17, 15) is 4.79 Å². The normalized spacial score (nSPS) is 9.64. The Morgan fingerprint density at radius 2 is 2.36 bits per heavy atom. The van der Waals surface area contributed by atoms with Crippen LogP contribution >= 0.6 is 22.6 Å². The Bertz CT molecular complexity index is 298. The van der Waals surface area contributed by atoms with Crippen molar-refractivity contribution < 1.29 is 9.90 Å². The molecule has 1 N–H and O–H groups in total. The van der Waals surface area contributed by atoms with Gasteiger partial charge >= 0.3 is 5.97 Å². The zero-order chi connectivity index (χ0) is 8.43. The van der Waals surface area contributed by atoms with Crippen molar-refractivity contribution in [1.29, 1.82) is 0 Å². The zero-order valence-corrected chi connectivity index (χ0v) is 7.99. The largest absolute Gasteiger partial charge is 0.477 e. The molecule has 0 bridgehead atoms. The van der Waals surface area contributed by atoms with Gasteiger partial charge in [-0.1, -0.05) is 0 Å². The van der Waals surface area contributed by atoms with E-state index in [-0.39, 0.29) is 5.69 Å². The molecule has 0 aliphatic carbocycles. The number of halogens is 1. The lowest BCUT2D eigenvalue weighted by Gasteiger charge is -1.98. The van der Waals surface area contributed by atoms with Crippen LogP contribution in [-0.2, 0) is 0 Å². The molecule has 0 atom stereocenters. The van der Waals surface area contributed by atoms with E-state index in [4.69, 9.17) is 5.11 Å². The van der Waals surface area contributed by atoms with Gasteiger partial charge in [-0.2, -0.15) is 0 Å². The Morgan fingerprint density at radius 1 is 1.73 bits per heavy atom. The van der Waals surface area contributed by atoms with E-state index in [2.05, 4.69) is 27.6 Å². The van der Waals surface area contributed by atoms with Crippen LogP contribution in [0.2, 0.25) is 0 Å². The molecule has 1 heterocycles. The van der Waals surface area contributed by atoms with Crippen LogP contribution in [0, 0.1) is 10.5 Å². The quantitative estimate of drug-likeness (QED) is 0.784. The first-order valence-corrected chi connectivity index (χ1v) is 4.04. The number of rotatable bonds is 1. The molecule has 1 aromatic rings. The van der Waals surface area contributed by atoms with E-state index in [0.717, 1.165) is 3.57 Å². The highest BCUT2D eigenvalue weighted by Crippen LogP contribution is 2.09. The van der Waals surface area contributed by atoms with Crippen LogP contribution in [0.1, 0.15) is 16.1 Å². The summed E-state index contributed by atoms with van der Waals surface area (Å²) in [6.07, 6.45) is 1.54. The number of carboxylic acids is 1. The fourth-order valence-electron chi connectivity index (χ4n) is 0.764. The molecule has 1 rings (SSSR count). The summed E-state index contributed by atoms with van der Waals surface area (Å²) in [5.74, 6) is -0.973. The summed E-state index contributed by atoms with van der Waals surface area (Å²) in [6, 6.07) is 1.79. The minimum atomic E-state index is -0.973. The van der Waals surface area contributed by atoms with Crippen molar-refractivity contribution >= 4 is 28.6 Å². The molecule has 0 saturated carbocycles. The topological polar surface area (TPSA) is 50.2 Å². The van der Waals surface area contributed by atoms with Gasteiger partial charge in [0.05, 0.1) is 0 Å². The molecule has 0 spiro atoms. The average molecular weight is 263 g/mol. The summed E-state index contributed by atoms with van der Waals surface area (Å²) < 4.78 is 0.949. The first-order valence-electron chi connectivity index (χ1n) is 2.96. The van der Waals surface area contributed by atoms with Crippen molar-refractivity contribution in [2.24, 2.45) is 0 Å². The summed E-state index contributed by atoms with van der Waals surface area (Å²) in [5, 5.41) is 8.59. The van der Waals surface area contributed by atoms with Gasteiger partial charge < -0.3 is 5.11 Å². The third-order valence-corrected chi connectivity index (χ3v) is 1.84. The number of aromatic carboxylic acids is 1. The van der Waals surface area contributed by atoms with Crippen molar-refractivity contribution in [2.75, 3.05) is 0 Å². The Labute approximate surface area is 77.6 Å². The molecule has 0 saturated heterocycles. The fraction of sp³-hybridized carbons (Fsp3) is 0.143. The van der Waals surface area contributed by atoms with Crippen molar-refractivity contribution in [3.8, 4) is 0 Å². The maximum atomic E-state index is 10.5. The van der Waals surface area contributed by atoms with Crippen LogP contribution in [0.25, 0.3) is 0 Å². The van der Waals surface area contributed by atoms with Gasteiger partial charge in [0.1, 0.15) is 0 Å². The van der Waals surface area contributed by atoms with Gasteiger partial charge in [0.2, 0.25) is 0 Å². The van der Waals surface area contributed by atoms with E-state index in [1.807, 2.05) is 0 Å². The summed E-state index contributed by atoms with van der Waals surface area (Å²) in [5.41, 5.74) is 0.829. The van der Waals surface area contributed by atoms with E-state index in [1.165, 1.54) is 6.20 Å². The first kappa shape index (κ1) is 8.45. The maximum Gasteiger partial charge on any atom is 0.354 e. The second-order valence-electron chi connectivity index (χ2n) is 2.12. The van der Waals surface area contributed by atoms with Crippen LogP contribution in [0.3, 0.4) is 0 Å². The van der Waals surface area contributed by atoms with Gasteiger partial charge in [-0.15, -0.1) is 0 Å². The lowest BCUT2D eigenvalue weighted by atomic mass is 10.2. The lowest BCUT2D eigenvalue weighted by Crippen LogP contribution is -2.02. The minimum Gasteiger partial charge on any atom is -0.477 e. The van der Waals surface area contributed by atoms with E-state index >= 15 is 0 Å². The molecule has 0 amide bonds. The number of aryl methyl sites for hydroxylation is 1. The molecule has 0 fully saturated rings. The molecule has 11 heavy (non-hydrogen) atoms. The van der Waals surface area contributed by atoms with Gasteiger partial charge in [-0.3, -0.25) is 0 Å². The molecular weight excluding hydrogens is 257 g/mol. The van der Waals surface area contributed by atoms with Crippen molar-refractivity contribution in [3.05, 3.63) is 27.1 Å². The van der Waals surface area contributed by atoms with E-state index in [0.29, 0.717) is 5.56 Å². The molecule has 3 nitrogen and oxygen atoms in total. The zero-order valence-electron chi connectivity index (χ0n) is 5.84. The minimum absolute atomic E-state index is 0.130. The fourth-order valence-corrected chi connectivity index (χ4v) is 1.37. The molecule has 0 aromatic carbocycles. The summed E-state index contributed by atoms with van der Waals surface area (Å²) in [7, 11) is 0. The highest BCUT2D eigenvalue weighted by Gasteiger charge is 2.07. The molecule has 0 aliphatic heterocycles. The average Bonchev–Trinajstić information content (AvgIpc) is 1.85. The number of hydrogen-bond donors (Lipinski definition) is 1. The smallest absolute Gasteiger partial charge is 0.354 e. The third kappa shape index (κ3) is 1.89. The highest BCUT2D eigenvalue weighted by atomic mass is 127. The molecule has 0 radical (unpaired) electrons. The van der Waals surface area contributed by atoms with E-state index in [1.54, 1.807) is 13.0 Å². The number of carboxylic acid groups (broad SMARTS) is 1. The predicted octanol–water partition coefficient (Wildman–Crippen LogP) is 1.69. The molecule has 1 aromatic heterocycles. The van der Waals surface area contributed by atoms with Gasteiger partial charge in [0.25, 0.3) is 0 Å². The molecule has 0 aliphatic rings. The van der Waals surface area contributed by atoms with Crippen molar-refractivity contribution in [3.63, 3.8) is 0 Å². The number of carbonyl (C=O) groups is 1. The van der Waals surface area contributed by atoms with Crippen LogP contribution < -0.4 is 0 Å². The number of hydrogen-bond acceptors (Lipinski definition) is 2. The Hall–Kier alpha value is -0.650. The Morgan fingerprint density at radius 3 is 2.82 bits per heavy atom. The van der Waals surface area contributed by atoms with Crippen molar-refractivity contribution in [1.82, 2.24) is 4.98 Å². The second kappa shape index (κ2) is 3.17. The number of nitrogens with zero attached hydrogens (tertiary/aromatic N) is 1. The molecule has 4 heteroatoms. The third-order valence-electron chi connectivity index (χ3n) is 1.25. The van der Waals surface area contributed by atoms with Gasteiger partial charge in [-0.25, -0.2) is 9.78 Å². The van der Waals surface area contributed by atoms with Gasteiger partial charge in [-0.05, 0) is 41.1 Å². The monoisotopic (exact) mass is 263 g/mol. The lowest BCUT2D eigenvalue weighted by molar-refractivity contribution is 0.0689. The molecule has 0 unspecified atom stereocenters. The predicted molar refractivity (Wildman–Crippen MR) is 48.7 cm³/mol. The first-order chi connectivity index (χ1) is 5.11. The summed E-state index contributed by atoms with van der Waals surface area (Å²) in [4.78, 5) is 14.2. The number of pyridine rings is 1. The standard InChI is InChI=1S/C7H6INO2/c1-4-2-5(8)3-9-6(4)7(10)11/h2-3H,1H3,(H,10,11). The van der Waals surface area contributed by atoms with E-state index < -0.39 is 5.97 Å². The summed E-state index contributed by atoms with van der Waals surface area (Å²) >= 11 is 2.09. The van der Waals surface area contributed by atoms with Gasteiger partial charge in [0, 0.05) is 9.77 Å². The van der Waals surface area contributed by atoms with Crippen LogP contribution in [-0.4, -0.2) is 16.1 Å². The van der Waals surface area contributed by atoms with Crippen LogP contribution in [0.5, 0.6) is 0 Å². The maximum absolute atomic E-state index is 10.5. The summed E-state index contributed by atoms with van der Waals surface area (Å²) in [6.45, 7) is 1.73.